The second-order valence-corrected chi connectivity index (χ2v) is 16.5. The highest BCUT2D eigenvalue weighted by Crippen LogP contribution is 2.59. The maximum absolute atomic E-state index is 15.1. The van der Waals surface area contributed by atoms with Gasteiger partial charge in [-0.05, 0) is 62.8 Å². The summed E-state index contributed by atoms with van der Waals surface area (Å²) in [5, 5.41) is 13.6. The van der Waals surface area contributed by atoms with Gasteiger partial charge in [0.2, 0.25) is 17.7 Å². The molecule has 0 saturated carbocycles. The van der Waals surface area contributed by atoms with Gasteiger partial charge < -0.3 is 29.7 Å². The molecular formula is C40H59N3O7. The highest BCUT2D eigenvalue weighted by Gasteiger charge is 2.76. The van der Waals surface area contributed by atoms with E-state index in [1.165, 1.54) is 0 Å². The summed E-state index contributed by atoms with van der Waals surface area (Å²) in [6, 6.07) is 7.50. The molecule has 2 bridgehead atoms. The van der Waals surface area contributed by atoms with Crippen LogP contribution in [0.2, 0.25) is 0 Å². The Balaban J connectivity index is 1.73. The number of likely N-dealkylation sites (tertiary alicyclic amines) is 1. The highest BCUT2D eigenvalue weighted by atomic mass is 16.6. The fourth-order valence-corrected chi connectivity index (χ4v) is 8.80. The largest absolute Gasteiger partial charge is 0.455 e. The Labute approximate surface area is 298 Å². The van der Waals surface area contributed by atoms with E-state index in [9.17, 15) is 19.5 Å². The van der Waals surface area contributed by atoms with Gasteiger partial charge in [0.15, 0.2) is 0 Å². The molecule has 7 atom stereocenters. The van der Waals surface area contributed by atoms with Gasteiger partial charge in [-0.25, -0.2) is 0 Å². The first kappa shape index (κ1) is 39.3. The van der Waals surface area contributed by atoms with Gasteiger partial charge in [0.05, 0.1) is 37.1 Å². The average Bonchev–Trinajstić information content (AvgIpc) is 3.69. The first-order valence-corrected chi connectivity index (χ1v) is 18.2. The standard InChI is InChI=1S/C40H59N3O7/c1-10-12-18-31(45)41-23-30(27-16-14-13-15-17-27)49-37(48)32-29-19-20-40(50-29)33(32)35(46)43(28(24-44)22-26(3)4)34(40)36(47)42(21-11-2)39(8,9)25-38(5,6)7/h10-11,13-17,26,28-30,32-34,44H,1-2,12,18-25H2,3-9H3,(H,41,45)/t28-,29-,30+,32+,33+,34-,40+/m1/s1. The molecule has 1 aromatic rings. The summed E-state index contributed by atoms with van der Waals surface area (Å²) in [6.45, 7) is 22.1. The summed E-state index contributed by atoms with van der Waals surface area (Å²) in [4.78, 5) is 60.0. The van der Waals surface area contributed by atoms with Gasteiger partial charge in [-0.2, -0.15) is 0 Å². The quantitative estimate of drug-likeness (QED) is 0.166. The van der Waals surface area contributed by atoms with Crippen molar-refractivity contribution < 1.29 is 33.8 Å². The molecule has 3 amide bonds. The molecule has 2 N–H and O–H groups in total. The molecule has 0 aliphatic carbocycles. The number of nitrogens with one attached hydrogen (secondary N) is 1. The van der Waals surface area contributed by atoms with Gasteiger partial charge in [-0.1, -0.05) is 77.1 Å². The summed E-state index contributed by atoms with van der Waals surface area (Å²) < 4.78 is 12.9. The van der Waals surface area contributed by atoms with E-state index in [0.29, 0.717) is 37.7 Å². The maximum atomic E-state index is 15.1. The van der Waals surface area contributed by atoms with Gasteiger partial charge in [-0.3, -0.25) is 19.2 Å². The molecule has 50 heavy (non-hydrogen) atoms. The molecule has 1 spiro atoms. The van der Waals surface area contributed by atoms with Crippen LogP contribution in [0.15, 0.2) is 55.6 Å². The number of fused-ring (bicyclic) bond motifs is 1. The number of carbonyl (C=O) groups excluding carboxylic acids is 4. The first-order valence-electron chi connectivity index (χ1n) is 18.2. The summed E-state index contributed by atoms with van der Waals surface area (Å²) in [5.74, 6) is -3.21. The highest BCUT2D eigenvalue weighted by molar-refractivity contribution is 5.98. The zero-order valence-electron chi connectivity index (χ0n) is 31.2. The SMILES string of the molecule is C=CCCC(=O)NC[C@H](OC(=O)[C@@H]1[C@H]2C(=O)N([C@@H](CO)CC(C)C)[C@H](C(=O)N(CC=C)C(C)(C)CC(C)(C)C)[C@]23CC[C@H]1O3)c1ccccc1. The van der Waals surface area contributed by atoms with Crippen LogP contribution in [-0.2, 0) is 28.7 Å². The smallest absolute Gasteiger partial charge is 0.313 e. The van der Waals surface area contributed by atoms with Crippen LogP contribution in [0.5, 0.6) is 0 Å². The summed E-state index contributed by atoms with van der Waals surface area (Å²) in [5.41, 5.74) is -1.26. The molecule has 3 fully saturated rings. The van der Waals surface area contributed by atoms with Gasteiger partial charge in [0, 0.05) is 18.5 Å². The third-order valence-electron chi connectivity index (χ3n) is 10.4. The number of allylic oxidation sites excluding steroid dienone is 1. The van der Waals surface area contributed by atoms with Crippen molar-refractivity contribution in [1.82, 2.24) is 15.1 Å². The molecule has 1 aromatic carbocycles. The van der Waals surface area contributed by atoms with E-state index in [1.54, 1.807) is 22.0 Å². The van der Waals surface area contributed by atoms with Crippen LogP contribution in [0.4, 0.5) is 0 Å². The van der Waals surface area contributed by atoms with Crippen molar-refractivity contribution in [1.29, 1.82) is 0 Å². The number of aliphatic hydroxyl groups excluding tert-OH is 1. The molecule has 4 rings (SSSR count). The molecule has 3 aliphatic rings. The van der Waals surface area contributed by atoms with E-state index in [2.05, 4.69) is 39.2 Å². The molecule has 0 unspecified atom stereocenters. The minimum absolute atomic E-state index is 0.0569. The fraction of sp³-hybridized carbons (Fsp3) is 0.650. The lowest BCUT2D eigenvalue weighted by Gasteiger charge is -2.46. The zero-order chi connectivity index (χ0) is 37.0. The monoisotopic (exact) mass is 693 g/mol. The molecule has 3 saturated heterocycles. The molecule has 10 heteroatoms. The lowest BCUT2D eigenvalue weighted by molar-refractivity contribution is -0.161. The van der Waals surface area contributed by atoms with E-state index in [1.807, 2.05) is 58.0 Å². The molecule has 276 valence electrons. The average molecular weight is 694 g/mol. The second-order valence-electron chi connectivity index (χ2n) is 16.5. The van der Waals surface area contributed by atoms with E-state index in [0.717, 1.165) is 0 Å². The van der Waals surface area contributed by atoms with Gasteiger partial charge in [-0.15, -0.1) is 13.2 Å². The Morgan fingerprint density at radius 3 is 2.40 bits per heavy atom. The lowest BCUT2D eigenvalue weighted by Crippen LogP contribution is -2.62. The number of aliphatic hydroxyl groups is 1. The van der Waals surface area contributed by atoms with Crippen LogP contribution < -0.4 is 5.32 Å². The van der Waals surface area contributed by atoms with Crippen LogP contribution in [0, 0.1) is 23.2 Å². The molecule has 3 aliphatic heterocycles. The Morgan fingerprint density at radius 1 is 1.14 bits per heavy atom. The molecule has 0 aromatic heterocycles. The number of hydrogen-bond donors (Lipinski definition) is 2. The predicted octanol–water partition coefficient (Wildman–Crippen LogP) is 5.36. The number of nitrogens with zero attached hydrogens (tertiary/aromatic N) is 2. The van der Waals surface area contributed by atoms with Crippen molar-refractivity contribution >= 4 is 23.7 Å². The Hall–Kier alpha value is -3.50. The van der Waals surface area contributed by atoms with Crippen LogP contribution in [0.25, 0.3) is 0 Å². The van der Waals surface area contributed by atoms with Crippen molar-refractivity contribution in [2.24, 2.45) is 23.2 Å². The zero-order valence-corrected chi connectivity index (χ0v) is 31.2. The number of rotatable bonds is 17. The van der Waals surface area contributed by atoms with Crippen LogP contribution in [-0.4, -0.2) is 87.6 Å². The van der Waals surface area contributed by atoms with Crippen molar-refractivity contribution in [2.75, 3.05) is 19.7 Å². The summed E-state index contributed by atoms with van der Waals surface area (Å²) in [7, 11) is 0. The van der Waals surface area contributed by atoms with Crippen molar-refractivity contribution in [2.45, 2.75) is 122 Å². The van der Waals surface area contributed by atoms with Crippen molar-refractivity contribution in [3.8, 4) is 0 Å². The van der Waals surface area contributed by atoms with Crippen LogP contribution in [0.1, 0.15) is 98.7 Å². The second kappa shape index (κ2) is 15.8. The van der Waals surface area contributed by atoms with E-state index < -0.39 is 53.2 Å². The molecule has 0 radical (unpaired) electrons. The minimum Gasteiger partial charge on any atom is -0.455 e. The third kappa shape index (κ3) is 8.17. The van der Waals surface area contributed by atoms with Gasteiger partial charge in [0.25, 0.3) is 0 Å². The normalized spacial score (nSPS) is 25.6. The third-order valence-corrected chi connectivity index (χ3v) is 10.4. The van der Waals surface area contributed by atoms with E-state index >= 15 is 4.79 Å². The van der Waals surface area contributed by atoms with Crippen molar-refractivity contribution in [3.05, 3.63) is 61.2 Å². The summed E-state index contributed by atoms with van der Waals surface area (Å²) >= 11 is 0. The number of benzene rings is 1. The number of ether oxygens (including phenoxy) is 2. The lowest BCUT2D eigenvalue weighted by atomic mass is 9.70. The van der Waals surface area contributed by atoms with Gasteiger partial charge in [0.1, 0.15) is 17.7 Å². The molecule has 3 heterocycles. The number of carbonyl (C=O) groups is 4. The van der Waals surface area contributed by atoms with E-state index in [-0.39, 0.29) is 55.2 Å². The minimum atomic E-state index is -1.26. The molecular weight excluding hydrogens is 634 g/mol. The topological polar surface area (TPSA) is 125 Å². The Kier molecular flexibility index (Phi) is 12.4. The van der Waals surface area contributed by atoms with Gasteiger partial charge >= 0.3 is 5.97 Å². The molecule has 10 nitrogen and oxygen atoms in total. The Morgan fingerprint density at radius 2 is 1.82 bits per heavy atom. The number of amides is 3. The Bertz CT molecular complexity index is 1400. The van der Waals surface area contributed by atoms with Crippen molar-refractivity contribution in [3.63, 3.8) is 0 Å². The summed E-state index contributed by atoms with van der Waals surface area (Å²) in [6.07, 6.45) is 4.81. The van der Waals surface area contributed by atoms with Crippen LogP contribution >= 0.6 is 0 Å². The maximum Gasteiger partial charge on any atom is 0.313 e. The predicted molar refractivity (Wildman–Crippen MR) is 193 cm³/mol. The number of esters is 1. The first-order chi connectivity index (χ1) is 23.5. The van der Waals surface area contributed by atoms with E-state index in [4.69, 9.17) is 9.47 Å². The fourth-order valence-electron chi connectivity index (χ4n) is 8.80. The number of hydrogen-bond acceptors (Lipinski definition) is 7. The van der Waals surface area contributed by atoms with Crippen LogP contribution in [0.3, 0.4) is 0 Å².